The van der Waals surface area contributed by atoms with Gasteiger partial charge in [0.2, 0.25) is 23.6 Å². The Labute approximate surface area is 303 Å². The van der Waals surface area contributed by atoms with Crippen LogP contribution in [0.15, 0.2) is 72.8 Å². The number of para-hydroxylation sites is 1. The van der Waals surface area contributed by atoms with Gasteiger partial charge in [-0.25, -0.2) is 0 Å². The Kier molecular flexibility index (Phi) is 13.5. The van der Waals surface area contributed by atoms with E-state index < -0.39 is 41.8 Å². The number of methoxy groups -OCH3 is 2. The number of amides is 5. The third-order valence-corrected chi connectivity index (χ3v) is 9.19. The molecule has 2 aliphatic heterocycles. The van der Waals surface area contributed by atoms with Crippen LogP contribution in [0.25, 0.3) is 0 Å². The Morgan fingerprint density at radius 1 is 0.885 bits per heavy atom. The molecule has 1 saturated heterocycles. The Morgan fingerprint density at radius 2 is 1.65 bits per heavy atom. The molecular weight excluding hydrogens is 666 g/mol. The Hall–Kier alpha value is -5.59. The van der Waals surface area contributed by atoms with Gasteiger partial charge >= 0.3 is 0 Å². The van der Waals surface area contributed by atoms with Crippen LogP contribution < -0.4 is 35.5 Å². The van der Waals surface area contributed by atoms with Crippen LogP contribution >= 0.6 is 0 Å². The van der Waals surface area contributed by atoms with Crippen molar-refractivity contribution < 1.29 is 38.2 Å². The third-order valence-electron chi connectivity index (χ3n) is 9.19. The average molecular weight is 714 g/mol. The number of nitrogens with one attached hydrogen (secondary N) is 4. The summed E-state index contributed by atoms with van der Waals surface area (Å²) >= 11 is 0. The maximum Gasteiger partial charge on any atom is 0.255 e. The minimum Gasteiger partial charge on any atom is -0.493 e. The molecule has 0 radical (unpaired) electrons. The van der Waals surface area contributed by atoms with Crippen molar-refractivity contribution in [3.05, 3.63) is 89.5 Å². The molecule has 2 heterocycles. The molecule has 0 bridgehead atoms. The highest BCUT2D eigenvalue weighted by Gasteiger charge is 2.38. The van der Waals surface area contributed by atoms with E-state index >= 15 is 0 Å². The Bertz CT molecular complexity index is 1720. The fourth-order valence-corrected chi connectivity index (χ4v) is 6.43. The molecule has 5 amide bonds. The lowest BCUT2D eigenvalue weighted by molar-refractivity contribution is -0.140. The highest BCUT2D eigenvalue weighted by atomic mass is 16.5. The number of carbonyl (C=O) groups is 5. The number of fused-ring (bicyclic) bond motifs is 2. The van der Waals surface area contributed by atoms with E-state index in [-0.39, 0.29) is 44.0 Å². The molecule has 5 rings (SSSR count). The van der Waals surface area contributed by atoms with E-state index in [9.17, 15) is 24.0 Å². The van der Waals surface area contributed by atoms with E-state index in [0.717, 1.165) is 11.1 Å². The van der Waals surface area contributed by atoms with E-state index in [0.29, 0.717) is 55.9 Å². The molecular formula is C39H47N5O8. The number of ether oxygens (including phenoxy) is 3. The van der Waals surface area contributed by atoms with Crippen molar-refractivity contribution in [2.45, 2.75) is 63.1 Å². The molecule has 52 heavy (non-hydrogen) atoms. The minimum absolute atomic E-state index is 0.194. The van der Waals surface area contributed by atoms with Gasteiger partial charge in [-0.2, -0.15) is 0 Å². The molecule has 4 N–H and O–H groups in total. The van der Waals surface area contributed by atoms with Crippen LogP contribution in [0, 0.1) is 0 Å². The molecule has 13 nitrogen and oxygen atoms in total. The van der Waals surface area contributed by atoms with Crippen LogP contribution in [-0.4, -0.2) is 93.0 Å². The molecule has 0 saturated carbocycles. The number of nitrogens with zero attached hydrogens (tertiary/aromatic N) is 1. The van der Waals surface area contributed by atoms with Gasteiger partial charge in [0.1, 0.15) is 23.9 Å². The number of hydrogen-bond acceptors (Lipinski definition) is 8. The van der Waals surface area contributed by atoms with Crippen LogP contribution in [0.3, 0.4) is 0 Å². The van der Waals surface area contributed by atoms with E-state index in [1.165, 1.54) is 4.90 Å². The third kappa shape index (κ3) is 10.0. The van der Waals surface area contributed by atoms with Gasteiger partial charge in [-0.05, 0) is 67.5 Å². The summed E-state index contributed by atoms with van der Waals surface area (Å²) in [6.45, 7) is 1.06. The highest BCUT2D eigenvalue weighted by Crippen LogP contribution is 2.28. The largest absolute Gasteiger partial charge is 0.493 e. The van der Waals surface area contributed by atoms with E-state index in [1.807, 2.05) is 48.5 Å². The lowest BCUT2D eigenvalue weighted by Crippen LogP contribution is -2.55. The number of carbonyl (C=O) groups excluding carboxylic acids is 5. The molecule has 0 unspecified atom stereocenters. The van der Waals surface area contributed by atoms with Gasteiger partial charge in [-0.3, -0.25) is 24.0 Å². The van der Waals surface area contributed by atoms with Crippen molar-refractivity contribution in [1.29, 1.82) is 0 Å². The molecule has 3 atom stereocenters. The molecule has 13 heteroatoms. The van der Waals surface area contributed by atoms with Gasteiger partial charge in [0.15, 0.2) is 11.5 Å². The zero-order valence-corrected chi connectivity index (χ0v) is 29.7. The first-order valence-corrected chi connectivity index (χ1v) is 17.7. The summed E-state index contributed by atoms with van der Waals surface area (Å²) in [6.07, 6.45) is 2.53. The van der Waals surface area contributed by atoms with Crippen LogP contribution in [-0.2, 0) is 32.0 Å². The van der Waals surface area contributed by atoms with Crippen molar-refractivity contribution in [1.82, 2.24) is 26.2 Å². The van der Waals surface area contributed by atoms with Crippen molar-refractivity contribution >= 4 is 29.5 Å². The number of aryl methyl sites for hydroxylation is 1. The second kappa shape index (κ2) is 18.6. The topological polar surface area (TPSA) is 164 Å². The summed E-state index contributed by atoms with van der Waals surface area (Å²) in [7, 11) is 3.14. The molecule has 1 fully saturated rings. The van der Waals surface area contributed by atoms with Crippen LogP contribution in [0.2, 0.25) is 0 Å². The Morgan fingerprint density at radius 3 is 2.44 bits per heavy atom. The van der Waals surface area contributed by atoms with Gasteiger partial charge in [-0.15, -0.1) is 0 Å². The van der Waals surface area contributed by atoms with Crippen molar-refractivity contribution in [3.63, 3.8) is 0 Å². The van der Waals surface area contributed by atoms with Crippen molar-refractivity contribution in [2.75, 3.05) is 40.5 Å². The van der Waals surface area contributed by atoms with Gasteiger partial charge in [0, 0.05) is 26.1 Å². The predicted octanol–water partition coefficient (Wildman–Crippen LogP) is 2.56. The quantitative estimate of drug-likeness (QED) is 0.246. The summed E-state index contributed by atoms with van der Waals surface area (Å²) in [5.74, 6) is -0.828. The van der Waals surface area contributed by atoms with Gasteiger partial charge in [-0.1, -0.05) is 48.5 Å². The normalized spacial score (nSPS) is 20.1. The van der Waals surface area contributed by atoms with Gasteiger partial charge in [0.05, 0.1) is 32.8 Å². The molecule has 0 aliphatic carbocycles. The van der Waals surface area contributed by atoms with E-state index in [4.69, 9.17) is 14.2 Å². The van der Waals surface area contributed by atoms with Crippen molar-refractivity contribution in [2.24, 2.45) is 0 Å². The second-order valence-corrected chi connectivity index (χ2v) is 12.8. The van der Waals surface area contributed by atoms with Crippen LogP contribution in [0.5, 0.6) is 17.2 Å². The summed E-state index contributed by atoms with van der Waals surface area (Å²) in [4.78, 5) is 69.6. The average Bonchev–Trinajstić information content (AvgIpc) is 3.66. The van der Waals surface area contributed by atoms with Crippen LogP contribution in [0.1, 0.15) is 53.6 Å². The summed E-state index contributed by atoms with van der Waals surface area (Å²) in [6, 6.07) is 18.7. The summed E-state index contributed by atoms with van der Waals surface area (Å²) < 4.78 is 16.6. The molecule has 276 valence electrons. The zero-order valence-electron chi connectivity index (χ0n) is 29.7. The van der Waals surface area contributed by atoms with Gasteiger partial charge in [0.25, 0.3) is 5.91 Å². The maximum absolute atomic E-state index is 13.9. The molecule has 2 aliphatic rings. The first kappa shape index (κ1) is 37.7. The van der Waals surface area contributed by atoms with E-state index in [2.05, 4.69) is 21.3 Å². The number of hydrogen-bond donors (Lipinski definition) is 4. The second-order valence-electron chi connectivity index (χ2n) is 12.8. The molecule has 3 aromatic carbocycles. The molecule has 3 aromatic rings. The maximum atomic E-state index is 13.9. The highest BCUT2D eigenvalue weighted by molar-refractivity contribution is 6.01. The number of benzene rings is 3. The summed E-state index contributed by atoms with van der Waals surface area (Å²) in [5.41, 5.74) is 2.07. The Balaban J connectivity index is 1.33. The SMILES string of the molecule is COc1ccc(CCCNC(=O)[C@@H]2CC(=O)N3CCC[C@H]3C(=O)N[C@@H](Cc3ccccc3)C(=O)NCCCOc3ccccc3C(=O)N2)cc1OC. The van der Waals surface area contributed by atoms with Gasteiger partial charge < -0.3 is 40.4 Å². The first-order valence-electron chi connectivity index (χ1n) is 17.7. The fourth-order valence-electron chi connectivity index (χ4n) is 6.43. The summed E-state index contributed by atoms with van der Waals surface area (Å²) in [5, 5.41) is 11.4. The lowest BCUT2D eigenvalue weighted by Gasteiger charge is -2.28. The number of rotatable bonds is 9. The molecule has 0 aromatic heterocycles. The predicted molar refractivity (Wildman–Crippen MR) is 193 cm³/mol. The standard InChI is InChI=1S/C39H47N5O8/c1-50-33-18-17-27(24-34(33)51-2)13-8-19-40-38(48)30-25-35(45)44-21-9-15-31(44)39(49)43-29(23-26-11-4-3-5-12-26)37(47)41-20-10-22-52-32-16-7-6-14-28(32)36(46)42-30/h3-7,11-12,14,16-18,24,29-31H,8-10,13,15,19-23,25H2,1-2H3,(H,40,48)(H,41,47)(H,42,46)(H,43,49)/t29-,30-,31-/m0/s1. The smallest absolute Gasteiger partial charge is 0.255 e. The zero-order chi connectivity index (χ0) is 36.9. The lowest BCUT2D eigenvalue weighted by atomic mass is 10.0. The molecule has 0 spiro atoms. The van der Waals surface area contributed by atoms with Crippen molar-refractivity contribution in [3.8, 4) is 17.2 Å². The minimum atomic E-state index is -1.23. The van der Waals surface area contributed by atoms with E-state index in [1.54, 1.807) is 38.5 Å². The monoisotopic (exact) mass is 713 g/mol. The van der Waals surface area contributed by atoms with Crippen LogP contribution in [0.4, 0.5) is 0 Å². The fraction of sp³-hybridized carbons (Fsp3) is 0.410. The first-order chi connectivity index (χ1) is 25.3.